The van der Waals surface area contributed by atoms with E-state index >= 15 is 0 Å². The highest BCUT2D eigenvalue weighted by molar-refractivity contribution is 8.12. The van der Waals surface area contributed by atoms with Crippen LogP contribution in [-0.2, 0) is 19.1 Å². The molecule has 0 aromatic rings. The molecule has 2 atom stereocenters. The Bertz CT molecular complexity index is 1150. The van der Waals surface area contributed by atoms with Crippen molar-refractivity contribution in [3.63, 3.8) is 0 Å². The van der Waals surface area contributed by atoms with Crippen molar-refractivity contribution in [3.8, 4) is 0 Å². The van der Waals surface area contributed by atoms with Gasteiger partial charge in [-0.15, -0.1) is 0 Å². The Balaban J connectivity index is 0.00000121. The van der Waals surface area contributed by atoms with Crippen LogP contribution in [0, 0.1) is 5.92 Å². The first-order valence-electron chi connectivity index (χ1n) is 18.9. The van der Waals surface area contributed by atoms with Crippen LogP contribution in [-0.4, -0.2) is 115 Å². The minimum absolute atomic E-state index is 0.196. The molecule has 1 aliphatic carbocycles. The molecule has 2 fully saturated rings. The summed E-state index contributed by atoms with van der Waals surface area (Å²) >= 11 is 0.796. The standard InChI is InChI=1S/C28H48N4O2.C8H12O2.C2H4O2S.C2H6/c1-6-8-18-32(26-12-9-11-25(7-2)13-14-26)28(34)22-31-21-24(3)20-27(31)15-19-30(23-33)17-10-16-29(4)5;1-3-5-8-7(4-2)9-6-10-8;1-5-2(3)4;1-2/h9,11-12,14,23-24,27H,6-8,10,13,15-22H2,1-5H3;4-5H,3,6H2,1-2H3;1H3,(H,3,4);1-2H3/b;7-4+,8-5+;;/t24-,27?;;;/m1.../s1. The number of carbonyl (C=O) groups is 3. The number of rotatable bonds is 16. The second-order valence-electron chi connectivity index (χ2n) is 12.8. The number of nitrogens with zero attached hydrogens (tertiary/aromatic N) is 4. The van der Waals surface area contributed by atoms with Gasteiger partial charge in [-0.25, -0.2) is 4.79 Å². The maximum Gasteiger partial charge on any atom is 0.364 e. The molecule has 10 nitrogen and oxygen atoms in total. The predicted octanol–water partition coefficient (Wildman–Crippen LogP) is 8.55. The average molecular weight is 735 g/mol. The molecule has 2 amide bonds. The summed E-state index contributed by atoms with van der Waals surface area (Å²) in [5, 5.41) is 6.86. The van der Waals surface area contributed by atoms with Gasteiger partial charge in [0.15, 0.2) is 11.5 Å². The number of likely N-dealkylation sites (tertiary alicyclic amines) is 1. The Morgan fingerprint density at radius 1 is 1.06 bits per heavy atom. The summed E-state index contributed by atoms with van der Waals surface area (Å²) < 4.78 is 10.3. The maximum absolute atomic E-state index is 13.5. The smallest absolute Gasteiger partial charge is 0.364 e. The minimum Gasteiger partial charge on any atom is -0.473 e. The van der Waals surface area contributed by atoms with Crippen molar-refractivity contribution in [2.45, 2.75) is 106 Å². The van der Waals surface area contributed by atoms with E-state index in [2.05, 4.69) is 75.9 Å². The number of hydrogen-bond acceptors (Lipinski definition) is 8. The molecule has 0 radical (unpaired) electrons. The number of thioether (sulfide) groups is 1. The molecule has 2 heterocycles. The molecule has 0 aromatic carbocycles. The van der Waals surface area contributed by atoms with Crippen molar-refractivity contribution < 1.29 is 29.0 Å². The normalized spacial score (nSPS) is 19.6. The lowest BCUT2D eigenvalue weighted by Crippen LogP contribution is -2.43. The van der Waals surface area contributed by atoms with E-state index < -0.39 is 5.30 Å². The Morgan fingerprint density at radius 2 is 1.75 bits per heavy atom. The molecule has 292 valence electrons. The van der Waals surface area contributed by atoms with Crippen LogP contribution in [0.5, 0.6) is 0 Å². The summed E-state index contributed by atoms with van der Waals surface area (Å²) in [6, 6.07) is 0.357. The van der Waals surface area contributed by atoms with E-state index in [1.807, 2.05) is 42.7 Å². The number of carboxylic acid groups (broad SMARTS) is 1. The van der Waals surface area contributed by atoms with E-state index in [9.17, 15) is 14.4 Å². The van der Waals surface area contributed by atoms with Crippen molar-refractivity contribution in [3.05, 3.63) is 59.2 Å². The van der Waals surface area contributed by atoms with Gasteiger partial charge in [-0.1, -0.05) is 71.8 Å². The number of hydrogen-bond donors (Lipinski definition) is 1. The van der Waals surface area contributed by atoms with Crippen molar-refractivity contribution in [1.82, 2.24) is 19.6 Å². The number of carbonyl (C=O) groups excluding carboxylic acids is 2. The van der Waals surface area contributed by atoms with Crippen LogP contribution >= 0.6 is 11.8 Å². The van der Waals surface area contributed by atoms with Crippen molar-refractivity contribution in [2.75, 3.05) is 66.4 Å². The van der Waals surface area contributed by atoms with E-state index in [4.69, 9.17) is 14.6 Å². The van der Waals surface area contributed by atoms with Crippen LogP contribution in [0.15, 0.2) is 59.2 Å². The maximum atomic E-state index is 13.5. The second-order valence-corrected chi connectivity index (χ2v) is 13.5. The molecule has 11 heteroatoms. The van der Waals surface area contributed by atoms with Gasteiger partial charge in [0, 0.05) is 37.9 Å². The number of unbranched alkanes of at least 4 members (excludes halogenated alkanes) is 1. The van der Waals surface area contributed by atoms with E-state index in [1.165, 1.54) is 11.8 Å². The average Bonchev–Trinajstić information content (AvgIpc) is 3.64. The molecule has 0 aromatic heterocycles. The van der Waals surface area contributed by atoms with Crippen molar-refractivity contribution in [2.24, 2.45) is 5.92 Å². The van der Waals surface area contributed by atoms with Gasteiger partial charge in [0.1, 0.15) is 0 Å². The first-order chi connectivity index (χ1) is 24.5. The zero-order chi connectivity index (χ0) is 38.6. The summed E-state index contributed by atoms with van der Waals surface area (Å²) in [5.41, 5.74) is 2.43. The first-order valence-corrected chi connectivity index (χ1v) is 20.1. The highest BCUT2D eigenvalue weighted by Crippen LogP contribution is 2.26. The summed E-state index contributed by atoms with van der Waals surface area (Å²) in [7, 11) is 4.12. The molecule has 1 unspecified atom stereocenters. The summed E-state index contributed by atoms with van der Waals surface area (Å²) in [5.74, 6) is 2.52. The summed E-state index contributed by atoms with van der Waals surface area (Å²) in [4.78, 5) is 42.9. The third-order valence-electron chi connectivity index (χ3n) is 8.50. The summed E-state index contributed by atoms with van der Waals surface area (Å²) in [6.45, 7) is 19.7. The Hall–Kier alpha value is -3.02. The SMILES string of the molecule is C/C=C1/OCO/C1=C/CC.CC.CCCCN(C(=O)CN1C[C@H](C)CC1CCN(C=O)CCCN(C)C)C1=CCC(CC)=CC=C1.CSC(=O)O. The number of allylic oxidation sites excluding steroid dienone is 7. The van der Waals surface area contributed by atoms with E-state index in [0.29, 0.717) is 25.3 Å². The van der Waals surface area contributed by atoms with Crippen LogP contribution < -0.4 is 0 Å². The molecule has 0 bridgehead atoms. The molecular weight excluding hydrogens is 665 g/mol. The van der Waals surface area contributed by atoms with Gasteiger partial charge in [0.2, 0.25) is 19.1 Å². The Morgan fingerprint density at radius 3 is 2.31 bits per heavy atom. The monoisotopic (exact) mass is 735 g/mol. The number of amides is 2. The molecule has 0 saturated carbocycles. The van der Waals surface area contributed by atoms with Crippen LogP contribution in [0.4, 0.5) is 4.79 Å². The minimum atomic E-state index is -0.829. The zero-order valence-electron chi connectivity index (χ0n) is 33.5. The van der Waals surface area contributed by atoms with Crippen LogP contribution in [0.3, 0.4) is 0 Å². The lowest BCUT2D eigenvalue weighted by molar-refractivity contribution is -0.130. The van der Waals surface area contributed by atoms with Crippen LogP contribution in [0.25, 0.3) is 0 Å². The van der Waals surface area contributed by atoms with E-state index in [-0.39, 0.29) is 5.91 Å². The topological polar surface area (TPSA) is 103 Å². The predicted molar refractivity (Wildman–Crippen MR) is 213 cm³/mol. The largest absolute Gasteiger partial charge is 0.473 e. The fourth-order valence-electron chi connectivity index (χ4n) is 5.81. The summed E-state index contributed by atoms with van der Waals surface area (Å²) in [6.07, 6.45) is 23.0. The molecule has 51 heavy (non-hydrogen) atoms. The van der Waals surface area contributed by atoms with Crippen molar-refractivity contribution in [1.29, 1.82) is 0 Å². The lowest BCUT2D eigenvalue weighted by atomic mass is 10.1. The zero-order valence-corrected chi connectivity index (χ0v) is 34.3. The first kappa shape index (κ1) is 48.0. The molecule has 3 rings (SSSR count). The Kier molecular flexibility index (Phi) is 27.8. The van der Waals surface area contributed by atoms with Gasteiger partial charge in [-0.05, 0) is 115 Å². The number of ether oxygens (including phenoxy) is 2. The van der Waals surface area contributed by atoms with E-state index in [0.717, 1.165) is 119 Å². The van der Waals surface area contributed by atoms with E-state index in [1.54, 1.807) is 0 Å². The molecule has 2 saturated heterocycles. The quantitative estimate of drug-likeness (QED) is 0.156. The molecule has 1 N–H and O–H groups in total. The second kappa shape index (κ2) is 29.5. The highest BCUT2D eigenvalue weighted by Gasteiger charge is 2.32. The Labute approximate surface area is 314 Å². The lowest BCUT2D eigenvalue weighted by Gasteiger charge is -2.30. The molecule has 3 aliphatic rings. The highest BCUT2D eigenvalue weighted by atomic mass is 32.2. The van der Waals surface area contributed by atoms with Crippen molar-refractivity contribution >= 4 is 29.4 Å². The fraction of sp³-hybridized carbons (Fsp3) is 0.675. The third-order valence-corrected chi connectivity index (χ3v) is 8.85. The molecule has 0 spiro atoms. The van der Waals surface area contributed by atoms with Gasteiger partial charge in [-0.2, -0.15) is 0 Å². The van der Waals surface area contributed by atoms with Crippen LogP contribution in [0.1, 0.15) is 99.8 Å². The fourth-order valence-corrected chi connectivity index (χ4v) is 5.81. The van der Waals surface area contributed by atoms with Gasteiger partial charge in [0.05, 0.1) is 6.54 Å². The van der Waals surface area contributed by atoms with Gasteiger partial charge in [0.25, 0.3) is 0 Å². The third kappa shape index (κ3) is 20.6. The molecule has 2 aliphatic heterocycles. The van der Waals surface area contributed by atoms with Gasteiger partial charge >= 0.3 is 5.30 Å². The molecular formula is C40H70N4O6S. The van der Waals surface area contributed by atoms with Gasteiger partial charge < -0.3 is 29.3 Å². The van der Waals surface area contributed by atoms with Gasteiger partial charge in [-0.3, -0.25) is 14.5 Å². The van der Waals surface area contributed by atoms with Crippen LogP contribution in [0.2, 0.25) is 0 Å².